The first kappa shape index (κ1) is 19.2. The lowest BCUT2D eigenvalue weighted by atomic mass is 10.2. The van der Waals surface area contributed by atoms with Gasteiger partial charge in [0.1, 0.15) is 17.3 Å². The zero-order chi connectivity index (χ0) is 20.5. The van der Waals surface area contributed by atoms with E-state index in [1.54, 1.807) is 0 Å². The molecule has 30 heavy (non-hydrogen) atoms. The number of ether oxygens (including phenoxy) is 1. The van der Waals surface area contributed by atoms with Gasteiger partial charge in [-0.05, 0) is 69.0 Å². The minimum Gasteiger partial charge on any atom is -0.457 e. The highest BCUT2D eigenvalue weighted by atomic mass is 32.2. The zero-order valence-electron chi connectivity index (χ0n) is 16.9. The van der Waals surface area contributed by atoms with Crippen LogP contribution in [-0.2, 0) is 4.79 Å². The molecule has 2 fully saturated rings. The van der Waals surface area contributed by atoms with Crippen LogP contribution in [0.5, 0.6) is 11.5 Å². The Balaban J connectivity index is 1.16. The third-order valence-corrected chi connectivity index (χ3v) is 6.22. The number of nitrogens with zero attached hydrogens (tertiary/aromatic N) is 3. The average Bonchev–Trinajstić information content (AvgIpc) is 3.68. The summed E-state index contributed by atoms with van der Waals surface area (Å²) in [7, 11) is 0. The van der Waals surface area contributed by atoms with Crippen LogP contribution < -0.4 is 10.1 Å². The molecule has 0 aliphatic heterocycles. The Morgan fingerprint density at radius 3 is 2.33 bits per heavy atom. The Hall–Kier alpha value is -2.80. The van der Waals surface area contributed by atoms with Crippen molar-refractivity contribution in [3.63, 3.8) is 0 Å². The summed E-state index contributed by atoms with van der Waals surface area (Å²) in [6.07, 6.45) is 4.79. The minimum absolute atomic E-state index is 0.0504. The summed E-state index contributed by atoms with van der Waals surface area (Å²) < 4.78 is 8.10. The quantitative estimate of drug-likeness (QED) is 0.499. The first-order valence-electron chi connectivity index (χ1n) is 10.4. The predicted octanol–water partition coefficient (Wildman–Crippen LogP) is 5.32. The van der Waals surface area contributed by atoms with Gasteiger partial charge in [-0.25, -0.2) is 0 Å². The molecular weight excluding hydrogens is 396 g/mol. The van der Waals surface area contributed by atoms with E-state index >= 15 is 0 Å². The largest absolute Gasteiger partial charge is 0.457 e. The second kappa shape index (κ2) is 8.14. The molecule has 1 N–H and O–H groups in total. The van der Waals surface area contributed by atoms with Gasteiger partial charge in [-0.1, -0.05) is 29.5 Å². The van der Waals surface area contributed by atoms with E-state index in [0.29, 0.717) is 17.7 Å². The van der Waals surface area contributed by atoms with Crippen molar-refractivity contribution in [2.24, 2.45) is 0 Å². The molecule has 2 saturated carbocycles. The fourth-order valence-electron chi connectivity index (χ4n) is 3.36. The molecule has 1 amide bonds. The topological polar surface area (TPSA) is 69.0 Å². The number of hydrogen-bond donors (Lipinski definition) is 1. The summed E-state index contributed by atoms with van der Waals surface area (Å²) in [5.74, 6) is 3.48. The molecule has 0 spiro atoms. The Morgan fingerprint density at radius 1 is 1.03 bits per heavy atom. The average molecular weight is 421 g/mol. The summed E-state index contributed by atoms with van der Waals surface area (Å²) in [4.78, 5) is 12.4. The van der Waals surface area contributed by atoms with Gasteiger partial charge in [0.15, 0.2) is 5.16 Å². The van der Waals surface area contributed by atoms with Crippen molar-refractivity contribution in [1.82, 2.24) is 14.8 Å². The van der Waals surface area contributed by atoms with Gasteiger partial charge in [-0.3, -0.25) is 4.79 Å². The van der Waals surface area contributed by atoms with Crippen molar-refractivity contribution in [2.75, 3.05) is 11.1 Å². The third kappa shape index (κ3) is 4.51. The number of carbonyl (C=O) groups excluding carboxylic acids is 1. The molecule has 0 bridgehead atoms. The number of hydrogen-bond acceptors (Lipinski definition) is 5. The van der Waals surface area contributed by atoms with E-state index in [4.69, 9.17) is 4.74 Å². The summed E-state index contributed by atoms with van der Waals surface area (Å²) in [6.45, 7) is 2.04. The normalized spacial score (nSPS) is 15.8. The summed E-state index contributed by atoms with van der Waals surface area (Å²) in [5.41, 5.74) is 1.94. The number of rotatable bonds is 8. The highest BCUT2D eigenvalue weighted by molar-refractivity contribution is 7.99. The van der Waals surface area contributed by atoms with Gasteiger partial charge in [0.05, 0.1) is 5.75 Å². The number of nitrogens with one attached hydrogen (secondary N) is 1. The van der Waals surface area contributed by atoms with Crippen molar-refractivity contribution < 1.29 is 9.53 Å². The number of anilines is 1. The van der Waals surface area contributed by atoms with Crippen molar-refractivity contribution in [3.05, 3.63) is 59.9 Å². The highest BCUT2D eigenvalue weighted by Gasteiger charge is 2.36. The number of aromatic nitrogens is 3. The molecule has 2 aliphatic carbocycles. The summed E-state index contributed by atoms with van der Waals surface area (Å²) >= 11 is 1.47. The van der Waals surface area contributed by atoms with E-state index in [0.717, 1.165) is 28.2 Å². The molecule has 6 nitrogen and oxygen atoms in total. The molecule has 5 rings (SSSR count). The molecule has 0 atom stereocenters. The number of carbonyl (C=O) groups is 1. The van der Waals surface area contributed by atoms with E-state index in [1.807, 2.05) is 55.5 Å². The minimum atomic E-state index is -0.0504. The maximum absolute atomic E-state index is 12.4. The maximum Gasteiger partial charge on any atom is 0.234 e. The van der Waals surface area contributed by atoms with Crippen LogP contribution in [0.15, 0.2) is 53.7 Å². The Morgan fingerprint density at radius 2 is 1.70 bits per heavy atom. The van der Waals surface area contributed by atoms with Crippen LogP contribution in [0.2, 0.25) is 0 Å². The van der Waals surface area contributed by atoms with E-state index in [1.165, 1.54) is 43.0 Å². The van der Waals surface area contributed by atoms with Crippen molar-refractivity contribution >= 4 is 23.4 Å². The first-order chi connectivity index (χ1) is 14.7. The van der Waals surface area contributed by atoms with Crippen LogP contribution >= 0.6 is 11.8 Å². The van der Waals surface area contributed by atoms with Gasteiger partial charge >= 0.3 is 0 Å². The van der Waals surface area contributed by atoms with Gasteiger partial charge in [0.25, 0.3) is 0 Å². The van der Waals surface area contributed by atoms with Crippen LogP contribution in [-0.4, -0.2) is 26.4 Å². The Bertz CT molecular complexity index is 1040. The van der Waals surface area contributed by atoms with E-state index < -0.39 is 0 Å². The van der Waals surface area contributed by atoms with Crippen LogP contribution in [0.25, 0.3) is 0 Å². The van der Waals surface area contributed by atoms with Gasteiger partial charge < -0.3 is 14.6 Å². The lowest BCUT2D eigenvalue weighted by Crippen LogP contribution is -2.14. The molecule has 0 unspecified atom stereocenters. The number of amides is 1. The van der Waals surface area contributed by atoms with Gasteiger partial charge in [0, 0.05) is 17.6 Å². The van der Waals surface area contributed by atoms with Gasteiger partial charge in [-0.2, -0.15) is 0 Å². The molecule has 154 valence electrons. The molecule has 2 aromatic carbocycles. The second-order valence-corrected chi connectivity index (χ2v) is 8.94. The summed E-state index contributed by atoms with van der Waals surface area (Å²) in [5, 5.41) is 12.6. The molecule has 2 aliphatic rings. The molecule has 7 heteroatoms. The number of aryl methyl sites for hydroxylation is 1. The van der Waals surface area contributed by atoms with Crippen LogP contribution in [0, 0.1) is 6.92 Å². The SMILES string of the molecule is Cc1ccc(Oc2ccc(NC(=O)CSc3nnc(C4CC4)n3C3CC3)cc2)cc1. The molecule has 1 aromatic heterocycles. The number of thioether (sulfide) groups is 1. The van der Waals surface area contributed by atoms with E-state index in [2.05, 4.69) is 20.1 Å². The molecule has 3 aromatic rings. The lowest BCUT2D eigenvalue weighted by Gasteiger charge is -2.09. The molecule has 0 saturated heterocycles. The summed E-state index contributed by atoms with van der Waals surface area (Å²) in [6, 6.07) is 15.9. The van der Waals surface area contributed by atoms with Crippen molar-refractivity contribution in [1.29, 1.82) is 0 Å². The molecular formula is C23H24N4O2S. The van der Waals surface area contributed by atoms with E-state index in [9.17, 15) is 4.79 Å². The molecule has 0 radical (unpaired) electrons. The maximum atomic E-state index is 12.4. The Kier molecular flexibility index (Phi) is 5.21. The van der Waals surface area contributed by atoms with Gasteiger partial charge in [0.2, 0.25) is 5.91 Å². The van der Waals surface area contributed by atoms with E-state index in [-0.39, 0.29) is 5.91 Å². The van der Waals surface area contributed by atoms with Crippen LogP contribution in [0.1, 0.15) is 49.0 Å². The standard InChI is InChI=1S/C23H24N4O2S/c1-15-2-10-19(11-3-15)29-20-12-6-17(7-13-20)24-21(28)14-30-23-26-25-22(16-4-5-16)27(23)18-8-9-18/h2-3,6-7,10-13,16,18H,4-5,8-9,14H2,1H3,(H,24,28). The first-order valence-corrected chi connectivity index (χ1v) is 11.4. The second-order valence-electron chi connectivity index (χ2n) is 7.99. The smallest absolute Gasteiger partial charge is 0.234 e. The molecule has 1 heterocycles. The fraction of sp³-hybridized carbons (Fsp3) is 0.348. The Labute approximate surface area is 180 Å². The monoisotopic (exact) mass is 420 g/mol. The van der Waals surface area contributed by atoms with Gasteiger partial charge in [-0.15, -0.1) is 10.2 Å². The lowest BCUT2D eigenvalue weighted by molar-refractivity contribution is -0.113. The van der Waals surface area contributed by atoms with Crippen molar-refractivity contribution in [2.45, 2.75) is 49.7 Å². The fourth-order valence-corrected chi connectivity index (χ4v) is 4.17. The third-order valence-electron chi connectivity index (χ3n) is 5.27. The number of benzene rings is 2. The van der Waals surface area contributed by atoms with Crippen LogP contribution in [0.3, 0.4) is 0 Å². The van der Waals surface area contributed by atoms with Crippen LogP contribution in [0.4, 0.5) is 5.69 Å². The zero-order valence-corrected chi connectivity index (χ0v) is 17.7. The predicted molar refractivity (Wildman–Crippen MR) is 117 cm³/mol. The van der Waals surface area contributed by atoms with Crippen molar-refractivity contribution in [3.8, 4) is 11.5 Å². The highest BCUT2D eigenvalue weighted by Crippen LogP contribution is 2.46.